The maximum atomic E-state index is 11.7. The molecule has 0 bridgehead atoms. The van der Waals surface area contributed by atoms with Crippen molar-refractivity contribution >= 4 is 12.0 Å². The number of rotatable bonds is 9. The lowest BCUT2D eigenvalue weighted by molar-refractivity contribution is -0.117. The van der Waals surface area contributed by atoms with E-state index in [-0.39, 0.29) is 11.9 Å². The SMILES string of the molecule is C=C(C)CC(C)O/C(C(C)=O)=C(/C=NCC)NCC. The molecule has 0 spiro atoms. The van der Waals surface area contributed by atoms with Crippen LogP contribution in [0, 0.1) is 0 Å². The van der Waals surface area contributed by atoms with E-state index < -0.39 is 0 Å². The summed E-state index contributed by atoms with van der Waals surface area (Å²) in [6, 6.07) is 0. The molecule has 1 atom stereocenters. The van der Waals surface area contributed by atoms with Crippen LogP contribution in [0.5, 0.6) is 0 Å². The van der Waals surface area contributed by atoms with Crippen LogP contribution >= 0.6 is 0 Å². The molecule has 0 aliphatic heterocycles. The Balaban J connectivity index is 5.14. The zero-order valence-corrected chi connectivity index (χ0v) is 12.7. The van der Waals surface area contributed by atoms with E-state index in [1.165, 1.54) is 6.92 Å². The van der Waals surface area contributed by atoms with Gasteiger partial charge in [0.25, 0.3) is 0 Å². The van der Waals surface area contributed by atoms with Gasteiger partial charge >= 0.3 is 0 Å². The van der Waals surface area contributed by atoms with Gasteiger partial charge in [-0.25, -0.2) is 0 Å². The summed E-state index contributed by atoms with van der Waals surface area (Å²) in [4.78, 5) is 15.9. The lowest BCUT2D eigenvalue weighted by Crippen LogP contribution is -2.22. The van der Waals surface area contributed by atoms with Crippen LogP contribution in [0.15, 0.2) is 28.6 Å². The molecule has 1 N–H and O–H groups in total. The number of aliphatic imine (C=N–C) groups is 1. The summed E-state index contributed by atoms with van der Waals surface area (Å²) in [5.74, 6) is 0.236. The summed E-state index contributed by atoms with van der Waals surface area (Å²) >= 11 is 0. The quantitative estimate of drug-likeness (QED) is 0.302. The topological polar surface area (TPSA) is 50.7 Å². The minimum Gasteiger partial charge on any atom is -0.484 e. The molecule has 19 heavy (non-hydrogen) atoms. The van der Waals surface area contributed by atoms with Crippen molar-refractivity contribution in [3.05, 3.63) is 23.6 Å². The average molecular weight is 266 g/mol. The van der Waals surface area contributed by atoms with E-state index in [1.807, 2.05) is 27.7 Å². The Morgan fingerprint density at radius 3 is 2.47 bits per heavy atom. The first kappa shape index (κ1) is 17.4. The summed E-state index contributed by atoms with van der Waals surface area (Å²) in [7, 11) is 0. The maximum Gasteiger partial charge on any atom is 0.196 e. The van der Waals surface area contributed by atoms with E-state index in [1.54, 1.807) is 6.21 Å². The third-order valence-electron chi connectivity index (χ3n) is 2.29. The van der Waals surface area contributed by atoms with Crippen LogP contribution in [-0.4, -0.2) is 31.2 Å². The summed E-state index contributed by atoms with van der Waals surface area (Å²) < 4.78 is 5.75. The van der Waals surface area contributed by atoms with E-state index in [0.717, 1.165) is 12.0 Å². The molecular formula is C15H26N2O2. The van der Waals surface area contributed by atoms with Crippen molar-refractivity contribution in [3.63, 3.8) is 0 Å². The highest BCUT2D eigenvalue weighted by Gasteiger charge is 2.15. The molecule has 0 aliphatic rings. The highest BCUT2D eigenvalue weighted by Crippen LogP contribution is 2.13. The molecule has 0 fully saturated rings. The minimum absolute atomic E-state index is 0.0833. The number of ether oxygens (including phenoxy) is 1. The monoisotopic (exact) mass is 266 g/mol. The van der Waals surface area contributed by atoms with Crippen LogP contribution in [0.4, 0.5) is 0 Å². The van der Waals surface area contributed by atoms with Crippen LogP contribution in [0.1, 0.15) is 41.0 Å². The molecule has 0 amide bonds. The van der Waals surface area contributed by atoms with E-state index >= 15 is 0 Å². The molecule has 4 heteroatoms. The molecule has 0 radical (unpaired) electrons. The first-order chi connectivity index (χ1) is 8.92. The van der Waals surface area contributed by atoms with Gasteiger partial charge in [0.1, 0.15) is 0 Å². The van der Waals surface area contributed by atoms with Crippen LogP contribution < -0.4 is 5.32 Å². The third-order valence-corrected chi connectivity index (χ3v) is 2.29. The van der Waals surface area contributed by atoms with Gasteiger partial charge < -0.3 is 10.1 Å². The highest BCUT2D eigenvalue weighted by molar-refractivity contribution is 5.97. The Morgan fingerprint density at radius 2 is 2.05 bits per heavy atom. The maximum absolute atomic E-state index is 11.7. The van der Waals surface area contributed by atoms with Gasteiger partial charge in [-0.2, -0.15) is 0 Å². The molecule has 4 nitrogen and oxygen atoms in total. The van der Waals surface area contributed by atoms with Gasteiger partial charge in [0.15, 0.2) is 11.5 Å². The Bertz CT molecular complexity index is 370. The van der Waals surface area contributed by atoms with Crippen molar-refractivity contribution in [2.45, 2.75) is 47.1 Å². The van der Waals surface area contributed by atoms with Crippen LogP contribution in [0.3, 0.4) is 0 Å². The van der Waals surface area contributed by atoms with Gasteiger partial charge in [-0.1, -0.05) is 5.57 Å². The summed E-state index contributed by atoms with van der Waals surface area (Å²) in [5, 5.41) is 3.12. The van der Waals surface area contributed by atoms with E-state index in [0.29, 0.717) is 24.5 Å². The normalized spacial score (nSPS) is 13.9. The number of hydrogen-bond acceptors (Lipinski definition) is 4. The number of ketones is 1. The van der Waals surface area contributed by atoms with Crippen molar-refractivity contribution in [2.24, 2.45) is 4.99 Å². The molecule has 0 heterocycles. The van der Waals surface area contributed by atoms with Gasteiger partial charge in [0.2, 0.25) is 0 Å². The zero-order chi connectivity index (χ0) is 14.8. The summed E-state index contributed by atoms with van der Waals surface area (Å²) in [5.41, 5.74) is 1.67. The van der Waals surface area contributed by atoms with Gasteiger partial charge in [-0.3, -0.25) is 9.79 Å². The van der Waals surface area contributed by atoms with Crippen LogP contribution in [0.2, 0.25) is 0 Å². The molecule has 1 unspecified atom stereocenters. The predicted octanol–water partition coefficient (Wildman–Crippen LogP) is 2.86. The van der Waals surface area contributed by atoms with Crippen molar-refractivity contribution in [1.29, 1.82) is 0 Å². The molecule has 0 aromatic carbocycles. The molecule has 0 aliphatic carbocycles. The fourth-order valence-electron chi connectivity index (χ4n) is 1.63. The molecule has 0 saturated heterocycles. The van der Waals surface area contributed by atoms with E-state index in [2.05, 4.69) is 16.9 Å². The lowest BCUT2D eigenvalue weighted by Gasteiger charge is -2.18. The first-order valence-corrected chi connectivity index (χ1v) is 6.72. The minimum atomic E-state index is -0.105. The van der Waals surface area contributed by atoms with Gasteiger partial charge in [0, 0.05) is 32.6 Å². The fraction of sp³-hybridized carbons (Fsp3) is 0.600. The molecule has 0 aromatic rings. The van der Waals surface area contributed by atoms with Gasteiger partial charge in [-0.05, 0) is 27.7 Å². The lowest BCUT2D eigenvalue weighted by atomic mass is 10.1. The average Bonchev–Trinajstić information content (AvgIpc) is 2.30. The number of nitrogens with zero attached hydrogens (tertiary/aromatic N) is 1. The number of allylic oxidation sites excluding steroid dienone is 2. The van der Waals surface area contributed by atoms with Crippen molar-refractivity contribution in [1.82, 2.24) is 5.32 Å². The largest absolute Gasteiger partial charge is 0.484 e. The molecule has 0 aromatic heterocycles. The molecule has 0 saturated carbocycles. The second-order valence-corrected chi connectivity index (χ2v) is 4.55. The Labute approximate surface area is 116 Å². The zero-order valence-electron chi connectivity index (χ0n) is 12.7. The number of nitrogens with one attached hydrogen (secondary N) is 1. The predicted molar refractivity (Wildman–Crippen MR) is 80.4 cm³/mol. The van der Waals surface area contributed by atoms with E-state index in [9.17, 15) is 4.79 Å². The smallest absolute Gasteiger partial charge is 0.196 e. The van der Waals surface area contributed by atoms with Gasteiger partial charge in [-0.15, -0.1) is 6.58 Å². The Morgan fingerprint density at radius 1 is 1.42 bits per heavy atom. The van der Waals surface area contributed by atoms with E-state index in [4.69, 9.17) is 4.74 Å². The van der Waals surface area contributed by atoms with Crippen molar-refractivity contribution < 1.29 is 9.53 Å². The summed E-state index contributed by atoms with van der Waals surface area (Å²) in [6.07, 6.45) is 2.30. The second kappa shape index (κ2) is 9.36. The number of carbonyl (C=O) groups excluding carboxylic acids is 1. The standard InChI is InChI=1S/C15H26N2O2/c1-7-16-10-14(17-8-2)15(13(6)18)19-12(5)9-11(3)4/h10,12,17H,3,7-9H2,1-2,4-6H3/b15-14-,16-10?. The summed E-state index contributed by atoms with van der Waals surface area (Å²) in [6.45, 7) is 14.5. The highest BCUT2D eigenvalue weighted by atomic mass is 16.5. The molecular weight excluding hydrogens is 240 g/mol. The fourth-order valence-corrected chi connectivity index (χ4v) is 1.63. The number of Topliss-reactive ketones (excluding diaryl/α,β-unsaturated/α-hetero) is 1. The first-order valence-electron chi connectivity index (χ1n) is 6.72. The van der Waals surface area contributed by atoms with Crippen molar-refractivity contribution in [2.75, 3.05) is 13.1 Å². The molecule has 0 rings (SSSR count). The van der Waals surface area contributed by atoms with Crippen LogP contribution in [-0.2, 0) is 9.53 Å². The van der Waals surface area contributed by atoms with Crippen LogP contribution in [0.25, 0.3) is 0 Å². The Hall–Kier alpha value is -1.58. The Kier molecular flexibility index (Phi) is 8.58. The van der Waals surface area contributed by atoms with Gasteiger partial charge in [0.05, 0.1) is 11.8 Å². The second-order valence-electron chi connectivity index (χ2n) is 4.55. The molecule has 108 valence electrons. The van der Waals surface area contributed by atoms with Crippen molar-refractivity contribution in [3.8, 4) is 0 Å². The number of carbonyl (C=O) groups is 1. The third kappa shape index (κ3) is 7.44. The number of hydrogen-bond donors (Lipinski definition) is 1.